The number of fused-ring (bicyclic) bond motifs is 2. The molecule has 1 aliphatic heterocycles. The number of benzene rings is 2. The smallest absolute Gasteiger partial charge is 0.288 e. The van der Waals surface area contributed by atoms with Crippen LogP contribution in [0.4, 0.5) is 0 Å². The van der Waals surface area contributed by atoms with Crippen LogP contribution in [0.25, 0.3) is 11.0 Å². The molecule has 1 aliphatic rings. The number of hydrogen-bond donors (Lipinski definition) is 1. The van der Waals surface area contributed by atoms with Crippen molar-refractivity contribution in [2.75, 3.05) is 6.61 Å². The van der Waals surface area contributed by atoms with Crippen molar-refractivity contribution in [3.8, 4) is 5.75 Å². The van der Waals surface area contributed by atoms with E-state index in [1.54, 1.807) is 6.07 Å². The molecule has 2 heterocycles. The Morgan fingerprint density at radius 1 is 1.08 bits per heavy atom. The number of nitrogens with one attached hydrogen (secondary N) is 1. The largest absolute Gasteiger partial charge is 0.494 e. The number of rotatable bonds is 4. The van der Waals surface area contributed by atoms with E-state index in [-0.39, 0.29) is 17.1 Å². The number of amides is 1. The number of aryl methyl sites for hydroxylation is 1. The number of carbonyl (C=O) groups excluding carboxylic acids is 1. The van der Waals surface area contributed by atoms with Crippen LogP contribution in [0.3, 0.4) is 0 Å². The van der Waals surface area contributed by atoms with Gasteiger partial charge in [0, 0.05) is 0 Å². The number of hydrogen-bond acceptors (Lipinski definition) is 4. The molecule has 132 valence electrons. The van der Waals surface area contributed by atoms with E-state index in [0.717, 1.165) is 23.3 Å². The third-order valence-corrected chi connectivity index (χ3v) is 4.69. The van der Waals surface area contributed by atoms with Crippen molar-refractivity contribution in [1.82, 2.24) is 5.32 Å². The molecule has 1 amide bonds. The molecule has 0 spiro atoms. The first-order valence-corrected chi connectivity index (χ1v) is 8.75. The van der Waals surface area contributed by atoms with Crippen LogP contribution in [0.2, 0.25) is 0 Å². The normalized spacial score (nSPS) is 15.8. The van der Waals surface area contributed by atoms with Gasteiger partial charge in [-0.2, -0.15) is 0 Å². The van der Waals surface area contributed by atoms with E-state index in [1.807, 2.05) is 50.2 Å². The lowest BCUT2D eigenvalue weighted by Gasteiger charge is -2.12. The van der Waals surface area contributed by atoms with Crippen LogP contribution in [0.15, 0.2) is 51.7 Å². The summed E-state index contributed by atoms with van der Waals surface area (Å²) in [4.78, 5) is 25.5. The van der Waals surface area contributed by atoms with E-state index in [9.17, 15) is 9.59 Å². The van der Waals surface area contributed by atoms with E-state index in [4.69, 9.17) is 9.15 Å². The van der Waals surface area contributed by atoms with Gasteiger partial charge in [0.05, 0.1) is 23.6 Å². The Labute approximate surface area is 150 Å². The topological polar surface area (TPSA) is 68.5 Å². The maximum absolute atomic E-state index is 13.1. The van der Waals surface area contributed by atoms with Gasteiger partial charge in [-0.1, -0.05) is 25.1 Å². The zero-order chi connectivity index (χ0) is 18.3. The molecule has 0 aliphatic carbocycles. The lowest BCUT2D eigenvalue weighted by molar-refractivity contribution is 0.0938. The quantitative estimate of drug-likeness (QED) is 0.782. The van der Waals surface area contributed by atoms with E-state index in [0.29, 0.717) is 23.1 Å². The third kappa shape index (κ3) is 2.56. The molecule has 1 unspecified atom stereocenters. The molecule has 1 N–H and O–H groups in total. The maximum atomic E-state index is 13.1. The zero-order valence-corrected chi connectivity index (χ0v) is 14.7. The Kier molecular flexibility index (Phi) is 3.99. The summed E-state index contributed by atoms with van der Waals surface area (Å²) in [5, 5.41) is 3.37. The molecular weight excluding hydrogens is 330 g/mol. The van der Waals surface area contributed by atoms with Gasteiger partial charge in [0.15, 0.2) is 5.43 Å². The summed E-state index contributed by atoms with van der Waals surface area (Å²) in [6.45, 7) is 4.53. The molecule has 3 aromatic rings. The molecule has 1 aromatic heterocycles. The lowest BCUT2D eigenvalue weighted by Crippen LogP contribution is -2.21. The van der Waals surface area contributed by atoms with Gasteiger partial charge in [0.2, 0.25) is 5.76 Å². The molecule has 26 heavy (non-hydrogen) atoms. The van der Waals surface area contributed by atoms with Crippen LogP contribution in [0, 0.1) is 0 Å². The summed E-state index contributed by atoms with van der Waals surface area (Å²) in [5.41, 5.74) is 2.53. The fourth-order valence-electron chi connectivity index (χ4n) is 3.35. The molecule has 0 saturated carbocycles. The molecule has 0 saturated heterocycles. The summed E-state index contributed by atoms with van der Waals surface area (Å²) >= 11 is 0. The van der Waals surface area contributed by atoms with Crippen LogP contribution in [0.5, 0.6) is 5.75 Å². The average molecular weight is 349 g/mol. The van der Waals surface area contributed by atoms with Crippen molar-refractivity contribution in [3.63, 3.8) is 0 Å². The molecule has 5 nitrogen and oxygen atoms in total. The number of carbonyl (C=O) groups is 1. The fourth-order valence-corrected chi connectivity index (χ4v) is 3.35. The van der Waals surface area contributed by atoms with E-state index in [2.05, 4.69) is 5.32 Å². The van der Waals surface area contributed by atoms with Gasteiger partial charge in [0.25, 0.3) is 5.91 Å². The van der Waals surface area contributed by atoms with E-state index >= 15 is 0 Å². The van der Waals surface area contributed by atoms with Gasteiger partial charge < -0.3 is 14.5 Å². The third-order valence-electron chi connectivity index (χ3n) is 4.69. The van der Waals surface area contributed by atoms with E-state index in [1.165, 1.54) is 0 Å². The minimum Gasteiger partial charge on any atom is -0.494 e. The molecule has 5 heteroatoms. The molecule has 0 bridgehead atoms. The van der Waals surface area contributed by atoms with Gasteiger partial charge >= 0.3 is 0 Å². The van der Waals surface area contributed by atoms with Crippen molar-refractivity contribution in [2.45, 2.75) is 26.3 Å². The maximum Gasteiger partial charge on any atom is 0.288 e. The monoisotopic (exact) mass is 349 g/mol. The SMILES string of the molecule is CCOc1ccc(C2NC(=O)c3oc4ccc(CC)cc4c(=O)c32)cc1. The Balaban J connectivity index is 1.86. The van der Waals surface area contributed by atoms with Crippen LogP contribution in [0.1, 0.15) is 47.1 Å². The van der Waals surface area contributed by atoms with Crippen molar-refractivity contribution < 1.29 is 13.9 Å². The first-order chi connectivity index (χ1) is 12.6. The van der Waals surface area contributed by atoms with Gasteiger partial charge in [0.1, 0.15) is 11.3 Å². The predicted octanol–water partition coefficient (Wildman–Crippen LogP) is 3.59. The summed E-state index contributed by atoms with van der Waals surface area (Å²) in [6, 6.07) is 12.4. The van der Waals surface area contributed by atoms with Crippen molar-refractivity contribution >= 4 is 16.9 Å². The second kappa shape index (κ2) is 6.33. The Morgan fingerprint density at radius 2 is 1.85 bits per heavy atom. The molecule has 0 fully saturated rings. The predicted molar refractivity (Wildman–Crippen MR) is 98.8 cm³/mol. The van der Waals surface area contributed by atoms with Gasteiger partial charge in [-0.15, -0.1) is 0 Å². The Hall–Kier alpha value is -3.08. The summed E-state index contributed by atoms with van der Waals surface area (Å²) in [5.74, 6) is 0.488. The van der Waals surface area contributed by atoms with Crippen molar-refractivity contribution in [3.05, 3.63) is 75.1 Å². The Morgan fingerprint density at radius 3 is 2.54 bits per heavy atom. The average Bonchev–Trinajstić information content (AvgIpc) is 2.99. The van der Waals surface area contributed by atoms with Gasteiger partial charge in [-0.25, -0.2) is 0 Å². The second-order valence-corrected chi connectivity index (χ2v) is 6.27. The number of ether oxygens (including phenoxy) is 1. The fraction of sp³-hybridized carbons (Fsp3) is 0.238. The van der Waals surface area contributed by atoms with Gasteiger partial charge in [-0.05, 0) is 48.7 Å². The molecule has 0 radical (unpaired) electrons. The second-order valence-electron chi connectivity index (χ2n) is 6.27. The molecule has 2 aromatic carbocycles. The first kappa shape index (κ1) is 16.4. The first-order valence-electron chi connectivity index (χ1n) is 8.75. The molecule has 4 rings (SSSR count). The highest BCUT2D eigenvalue weighted by atomic mass is 16.5. The van der Waals surface area contributed by atoms with Crippen LogP contribution in [-0.4, -0.2) is 12.5 Å². The minimum absolute atomic E-state index is 0.102. The highest BCUT2D eigenvalue weighted by molar-refractivity contribution is 5.99. The lowest BCUT2D eigenvalue weighted by atomic mass is 9.98. The van der Waals surface area contributed by atoms with Crippen molar-refractivity contribution in [2.24, 2.45) is 0 Å². The van der Waals surface area contributed by atoms with Crippen molar-refractivity contribution in [1.29, 1.82) is 0 Å². The molecular formula is C21H19NO4. The standard InChI is InChI=1S/C21H19NO4/c1-3-12-5-10-16-15(11-12)19(23)17-18(22-21(24)20(17)26-16)13-6-8-14(9-7-13)25-4-2/h5-11,18H,3-4H2,1-2H3,(H,22,24). The summed E-state index contributed by atoms with van der Waals surface area (Å²) < 4.78 is 11.2. The van der Waals surface area contributed by atoms with E-state index < -0.39 is 6.04 Å². The highest BCUT2D eigenvalue weighted by Crippen LogP contribution is 2.31. The minimum atomic E-state index is -0.515. The summed E-state index contributed by atoms with van der Waals surface area (Å²) in [6.07, 6.45) is 0.825. The van der Waals surface area contributed by atoms with Crippen LogP contribution < -0.4 is 15.5 Å². The Bertz CT molecular complexity index is 1050. The zero-order valence-electron chi connectivity index (χ0n) is 14.7. The van der Waals surface area contributed by atoms with Crippen LogP contribution >= 0.6 is 0 Å². The molecule has 1 atom stereocenters. The highest BCUT2D eigenvalue weighted by Gasteiger charge is 2.35. The van der Waals surface area contributed by atoms with Gasteiger partial charge in [-0.3, -0.25) is 9.59 Å². The summed E-state index contributed by atoms with van der Waals surface area (Å²) in [7, 11) is 0. The van der Waals surface area contributed by atoms with Crippen LogP contribution in [-0.2, 0) is 6.42 Å².